The first-order valence-electron chi connectivity index (χ1n) is 10.9. The number of rotatable bonds is 4. The van der Waals surface area contributed by atoms with Crippen LogP contribution >= 0.6 is 0 Å². The van der Waals surface area contributed by atoms with Gasteiger partial charge in [-0.05, 0) is 41.1 Å². The zero-order valence-corrected chi connectivity index (χ0v) is 18.5. The third kappa shape index (κ3) is 3.08. The minimum atomic E-state index is -2.55. The van der Waals surface area contributed by atoms with Crippen molar-refractivity contribution in [1.82, 2.24) is 0 Å². The first kappa shape index (κ1) is 19.9. The van der Waals surface area contributed by atoms with Crippen LogP contribution in [0.1, 0.15) is 59.3 Å². The van der Waals surface area contributed by atoms with Gasteiger partial charge in [-0.2, -0.15) is 0 Å². The highest BCUT2D eigenvalue weighted by atomic mass is 28.4. The molecule has 0 aromatic heterocycles. The fraction of sp³-hybridized carbons (Fsp3) is 0.520. The molecule has 2 saturated carbocycles. The van der Waals surface area contributed by atoms with Crippen LogP contribution < -0.4 is 10.4 Å². The van der Waals surface area contributed by atoms with E-state index in [0.29, 0.717) is 0 Å². The first-order valence-corrected chi connectivity index (χ1v) is 12.8. The first-order chi connectivity index (χ1) is 13.4. The van der Waals surface area contributed by atoms with E-state index >= 15 is 0 Å². The Morgan fingerprint density at radius 2 is 1.36 bits per heavy atom. The van der Waals surface area contributed by atoms with Gasteiger partial charge in [0.15, 0.2) is 0 Å². The van der Waals surface area contributed by atoms with Crippen molar-refractivity contribution >= 4 is 18.7 Å². The van der Waals surface area contributed by atoms with Gasteiger partial charge in [-0.15, -0.1) is 0 Å². The Labute approximate surface area is 171 Å². The predicted molar refractivity (Wildman–Crippen MR) is 119 cm³/mol. The van der Waals surface area contributed by atoms with Crippen molar-refractivity contribution in [3.63, 3.8) is 0 Å². The predicted octanol–water partition coefficient (Wildman–Crippen LogP) is 4.65. The molecule has 2 aliphatic rings. The topological polar surface area (TPSA) is 29.5 Å². The Morgan fingerprint density at radius 3 is 1.82 bits per heavy atom. The molecule has 0 aliphatic heterocycles. The summed E-state index contributed by atoms with van der Waals surface area (Å²) in [5.41, 5.74) is -0.0347. The third-order valence-corrected chi connectivity index (χ3v) is 12.3. The fourth-order valence-corrected chi connectivity index (χ4v) is 10.7. The van der Waals surface area contributed by atoms with E-state index in [0.717, 1.165) is 32.1 Å². The van der Waals surface area contributed by atoms with Crippen molar-refractivity contribution in [3.05, 3.63) is 60.7 Å². The summed E-state index contributed by atoms with van der Waals surface area (Å²) < 4.78 is 7.42. The van der Waals surface area contributed by atoms with Crippen molar-refractivity contribution in [2.45, 2.75) is 76.5 Å². The molecule has 2 nitrogen and oxygen atoms in total. The molecule has 0 amide bonds. The molecule has 2 aliphatic carbocycles. The maximum Gasteiger partial charge on any atom is 0.261 e. The number of aliphatic hydroxyl groups excluding tert-OH is 1. The molecule has 3 heteroatoms. The van der Waals surface area contributed by atoms with E-state index in [9.17, 15) is 5.11 Å². The van der Waals surface area contributed by atoms with Crippen LogP contribution in [0.4, 0.5) is 0 Å². The fourth-order valence-electron chi connectivity index (χ4n) is 5.89. The molecule has 3 atom stereocenters. The number of hydrogen-bond donors (Lipinski definition) is 1. The van der Waals surface area contributed by atoms with Gasteiger partial charge in [0.1, 0.15) is 0 Å². The summed E-state index contributed by atoms with van der Waals surface area (Å²) in [4.78, 5) is 0. The van der Waals surface area contributed by atoms with Crippen LogP contribution in [0.15, 0.2) is 60.7 Å². The zero-order chi connectivity index (χ0) is 19.8. The maximum atomic E-state index is 10.9. The lowest BCUT2D eigenvalue weighted by Crippen LogP contribution is -2.68. The summed E-state index contributed by atoms with van der Waals surface area (Å²) in [6.07, 6.45) is 6.45. The van der Waals surface area contributed by atoms with Crippen LogP contribution in [0.3, 0.4) is 0 Å². The summed E-state index contributed by atoms with van der Waals surface area (Å²) in [6.45, 7) is 7.02. The van der Waals surface area contributed by atoms with Gasteiger partial charge >= 0.3 is 0 Å². The summed E-state index contributed by atoms with van der Waals surface area (Å²) in [7, 11) is -2.55. The van der Waals surface area contributed by atoms with Crippen LogP contribution in [0.25, 0.3) is 0 Å². The average molecular weight is 395 g/mol. The van der Waals surface area contributed by atoms with E-state index in [-0.39, 0.29) is 22.7 Å². The quantitative estimate of drug-likeness (QED) is 0.765. The van der Waals surface area contributed by atoms with Gasteiger partial charge < -0.3 is 9.53 Å². The molecule has 1 spiro atoms. The third-order valence-electron chi connectivity index (χ3n) is 7.27. The van der Waals surface area contributed by atoms with Crippen LogP contribution in [-0.4, -0.2) is 25.6 Å². The molecule has 0 saturated heterocycles. The molecule has 2 aromatic rings. The molecular weight excluding hydrogens is 360 g/mol. The van der Waals surface area contributed by atoms with Gasteiger partial charge in [-0.3, -0.25) is 0 Å². The molecule has 28 heavy (non-hydrogen) atoms. The Balaban J connectivity index is 1.86. The molecule has 2 fully saturated rings. The zero-order valence-electron chi connectivity index (χ0n) is 17.5. The number of hydrogen-bond acceptors (Lipinski definition) is 2. The van der Waals surface area contributed by atoms with E-state index in [4.69, 9.17) is 4.43 Å². The average Bonchev–Trinajstić information content (AvgIpc) is 3.27. The molecule has 2 aromatic carbocycles. The van der Waals surface area contributed by atoms with E-state index in [2.05, 4.69) is 81.4 Å². The van der Waals surface area contributed by atoms with Crippen LogP contribution in [0.5, 0.6) is 0 Å². The SMILES string of the molecule is CC(C)(C)[Si](O[C@@H]1CCC[C@@]12CCC[C@H]2O)(c1ccccc1)c1ccccc1. The van der Waals surface area contributed by atoms with E-state index in [1.54, 1.807) is 0 Å². The smallest absolute Gasteiger partial charge is 0.261 e. The molecular formula is C25H34O2Si. The standard InChI is InChI=1S/C25H34O2Si/c1-24(2,3)28(20-12-6-4-7-13-20,21-14-8-5-9-15-21)27-23-17-11-19-25(23)18-10-16-22(25)26/h4-9,12-15,22-23,26H,10-11,16-19H2,1-3H3/t22-,23-,25-/m1/s1. The van der Waals surface area contributed by atoms with Gasteiger partial charge in [0.25, 0.3) is 8.32 Å². The lowest BCUT2D eigenvalue weighted by atomic mass is 9.80. The van der Waals surface area contributed by atoms with Gasteiger partial charge in [0.05, 0.1) is 12.2 Å². The Morgan fingerprint density at radius 1 is 0.857 bits per heavy atom. The van der Waals surface area contributed by atoms with Crippen LogP contribution in [0, 0.1) is 5.41 Å². The van der Waals surface area contributed by atoms with E-state index < -0.39 is 8.32 Å². The minimum Gasteiger partial charge on any atom is -0.404 e. The van der Waals surface area contributed by atoms with E-state index in [1.807, 2.05) is 0 Å². The molecule has 1 N–H and O–H groups in total. The molecule has 150 valence electrons. The Hall–Kier alpha value is -1.42. The van der Waals surface area contributed by atoms with Crippen LogP contribution in [0.2, 0.25) is 5.04 Å². The summed E-state index contributed by atoms with van der Waals surface area (Å²) in [5.74, 6) is 0. The normalized spacial score (nSPS) is 28.1. The summed E-state index contributed by atoms with van der Waals surface area (Å²) in [6, 6.07) is 21.8. The highest BCUT2D eigenvalue weighted by molar-refractivity contribution is 6.99. The van der Waals surface area contributed by atoms with Gasteiger partial charge in [0.2, 0.25) is 0 Å². The Bertz CT molecular complexity index is 740. The number of aliphatic hydroxyl groups is 1. The molecule has 4 rings (SSSR count). The Kier molecular flexibility index (Phi) is 5.28. The van der Waals surface area contributed by atoms with Gasteiger partial charge in [-0.25, -0.2) is 0 Å². The summed E-state index contributed by atoms with van der Waals surface area (Å²) >= 11 is 0. The molecule has 0 radical (unpaired) electrons. The lowest BCUT2D eigenvalue weighted by Gasteiger charge is -2.48. The highest BCUT2D eigenvalue weighted by Gasteiger charge is 2.57. The van der Waals surface area contributed by atoms with Crippen molar-refractivity contribution in [1.29, 1.82) is 0 Å². The monoisotopic (exact) mass is 394 g/mol. The summed E-state index contributed by atoms with van der Waals surface area (Å²) in [5, 5.41) is 13.6. The number of benzene rings is 2. The maximum absolute atomic E-state index is 10.9. The van der Waals surface area contributed by atoms with Crippen LogP contribution in [-0.2, 0) is 4.43 Å². The van der Waals surface area contributed by atoms with Crippen molar-refractivity contribution < 1.29 is 9.53 Å². The molecule has 0 heterocycles. The van der Waals surface area contributed by atoms with Crippen molar-refractivity contribution in [2.24, 2.45) is 5.41 Å². The highest BCUT2D eigenvalue weighted by Crippen LogP contribution is 2.54. The second-order valence-corrected chi connectivity index (χ2v) is 14.1. The molecule has 0 unspecified atom stereocenters. The van der Waals surface area contributed by atoms with Gasteiger partial charge in [-0.1, -0.05) is 94.3 Å². The molecule has 0 bridgehead atoms. The van der Waals surface area contributed by atoms with Gasteiger partial charge in [0, 0.05) is 5.41 Å². The second kappa shape index (κ2) is 7.44. The lowest BCUT2D eigenvalue weighted by molar-refractivity contribution is -0.0221. The minimum absolute atomic E-state index is 0.0109. The largest absolute Gasteiger partial charge is 0.404 e. The second-order valence-electron chi connectivity index (χ2n) is 9.80. The van der Waals surface area contributed by atoms with Crippen molar-refractivity contribution in [3.8, 4) is 0 Å². The van der Waals surface area contributed by atoms with Crippen molar-refractivity contribution in [2.75, 3.05) is 0 Å². The van der Waals surface area contributed by atoms with E-state index in [1.165, 1.54) is 16.8 Å².